The first-order chi connectivity index (χ1) is 15.9. The molecule has 174 valence electrons. The third-order valence-corrected chi connectivity index (χ3v) is 8.50. The SMILES string of the molecule is C[C@@H](c1ccc(C2=IC(=O)NC=C2)cc1)N1CC[C@](CCCO)(c2ccc(F)cc2)OC1=O. The van der Waals surface area contributed by atoms with Crippen molar-refractivity contribution in [2.75, 3.05) is 13.2 Å². The van der Waals surface area contributed by atoms with Crippen LogP contribution >= 0.6 is 20.7 Å². The van der Waals surface area contributed by atoms with Crippen LogP contribution in [0.15, 0.2) is 60.8 Å². The number of carbonyl (C=O) groups excluding carboxylic acids is 2. The van der Waals surface area contributed by atoms with Gasteiger partial charge in [0.1, 0.15) is 11.4 Å². The molecule has 2 aromatic rings. The molecule has 4 rings (SSSR count). The van der Waals surface area contributed by atoms with Crippen molar-refractivity contribution in [3.63, 3.8) is 0 Å². The van der Waals surface area contributed by atoms with E-state index in [4.69, 9.17) is 4.74 Å². The van der Waals surface area contributed by atoms with Gasteiger partial charge in [-0.3, -0.25) is 4.79 Å². The molecule has 2 amide bonds. The molecule has 0 radical (unpaired) electrons. The number of rotatable bonds is 7. The van der Waals surface area contributed by atoms with E-state index in [9.17, 15) is 19.1 Å². The first-order valence-electron chi connectivity index (χ1n) is 10.9. The van der Waals surface area contributed by atoms with E-state index in [0.29, 0.717) is 25.8 Å². The van der Waals surface area contributed by atoms with Crippen molar-refractivity contribution in [1.82, 2.24) is 10.2 Å². The summed E-state index contributed by atoms with van der Waals surface area (Å²) in [5.41, 5.74) is 1.86. The zero-order valence-electron chi connectivity index (χ0n) is 18.3. The van der Waals surface area contributed by atoms with Crippen LogP contribution in [0.1, 0.15) is 48.9 Å². The summed E-state index contributed by atoms with van der Waals surface area (Å²) in [5, 5.41) is 12.1. The normalized spacial score (nSPS) is 21.5. The van der Waals surface area contributed by atoms with Gasteiger partial charge >= 0.3 is 6.09 Å². The van der Waals surface area contributed by atoms with E-state index in [1.165, 1.54) is 12.1 Å². The molecule has 8 heteroatoms. The molecule has 33 heavy (non-hydrogen) atoms. The molecule has 0 aromatic heterocycles. The average Bonchev–Trinajstić information content (AvgIpc) is 2.83. The Balaban J connectivity index is 1.50. The Morgan fingerprint density at radius 1 is 1.18 bits per heavy atom. The van der Waals surface area contributed by atoms with Crippen LogP contribution < -0.4 is 5.32 Å². The minimum atomic E-state index is -0.873. The first-order valence-corrected chi connectivity index (χ1v) is 13.0. The Kier molecular flexibility index (Phi) is 7.23. The minimum absolute atomic E-state index is 0.00885. The Morgan fingerprint density at radius 3 is 2.55 bits per heavy atom. The molecule has 2 heterocycles. The van der Waals surface area contributed by atoms with Gasteiger partial charge in [-0.05, 0) is 75.4 Å². The zero-order valence-corrected chi connectivity index (χ0v) is 20.4. The monoisotopic (exact) mass is 564 g/mol. The molecule has 0 spiro atoms. The van der Waals surface area contributed by atoms with Crippen LogP contribution in [0.5, 0.6) is 0 Å². The number of allylic oxidation sites excluding steroid dienone is 1. The van der Waals surface area contributed by atoms with Gasteiger partial charge in [0.2, 0.25) is 0 Å². The lowest BCUT2D eigenvalue weighted by Crippen LogP contribution is -2.48. The lowest BCUT2D eigenvalue weighted by atomic mass is 9.84. The summed E-state index contributed by atoms with van der Waals surface area (Å²) in [4.78, 5) is 26.5. The maximum atomic E-state index is 13.5. The van der Waals surface area contributed by atoms with Gasteiger partial charge in [-0.2, -0.15) is 0 Å². The largest absolute Gasteiger partial charge is 0.438 e. The predicted molar refractivity (Wildman–Crippen MR) is 133 cm³/mol. The van der Waals surface area contributed by atoms with Crippen molar-refractivity contribution >= 4 is 34.2 Å². The number of ether oxygens (including phenoxy) is 1. The smallest absolute Gasteiger partial charge is 0.411 e. The van der Waals surface area contributed by atoms with Gasteiger partial charge in [-0.15, -0.1) is 0 Å². The Bertz CT molecular complexity index is 1080. The fourth-order valence-corrected chi connectivity index (χ4v) is 6.14. The molecule has 1 fully saturated rings. The lowest BCUT2D eigenvalue weighted by molar-refractivity contribution is -0.0680. The van der Waals surface area contributed by atoms with Gasteiger partial charge in [0.05, 0.1) is 6.04 Å². The molecule has 2 aliphatic rings. The number of aliphatic hydroxyl groups excluding tert-OH is 1. The summed E-state index contributed by atoms with van der Waals surface area (Å²) in [6.45, 7) is 2.43. The summed E-state index contributed by atoms with van der Waals surface area (Å²) >= 11 is -0.726. The van der Waals surface area contributed by atoms with E-state index < -0.39 is 32.4 Å². The number of cyclic esters (lactones) is 1. The molecule has 0 saturated carbocycles. The van der Waals surface area contributed by atoms with Gasteiger partial charge < -0.3 is 20.1 Å². The maximum absolute atomic E-state index is 13.5. The predicted octanol–water partition coefficient (Wildman–Crippen LogP) is 5.13. The Morgan fingerprint density at radius 2 is 1.91 bits per heavy atom. The van der Waals surface area contributed by atoms with Crippen molar-refractivity contribution < 1.29 is 23.8 Å². The van der Waals surface area contributed by atoms with Crippen molar-refractivity contribution in [3.05, 3.63) is 83.3 Å². The summed E-state index contributed by atoms with van der Waals surface area (Å²) < 4.78 is 20.6. The summed E-state index contributed by atoms with van der Waals surface area (Å²) in [6.07, 6.45) is 4.69. The molecule has 6 nitrogen and oxygen atoms in total. The number of carbonyl (C=O) groups is 2. The minimum Gasteiger partial charge on any atom is -0.438 e. The highest BCUT2D eigenvalue weighted by Gasteiger charge is 2.43. The summed E-state index contributed by atoms with van der Waals surface area (Å²) in [5.74, 6) is -0.346. The van der Waals surface area contributed by atoms with Crippen LogP contribution in [0, 0.1) is 5.82 Å². The fourth-order valence-electron chi connectivity index (χ4n) is 4.25. The Labute approximate surface area is 202 Å². The number of halogens is 2. The lowest BCUT2D eigenvalue weighted by Gasteiger charge is -2.43. The molecule has 2 aromatic carbocycles. The topological polar surface area (TPSA) is 78.9 Å². The molecule has 2 N–H and O–H groups in total. The molecule has 2 aliphatic heterocycles. The van der Waals surface area contributed by atoms with Crippen LogP contribution in [0.4, 0.5) is 14.0 Å². The van der Waals surface area contributed by atoms with Crippen LogP contribution in [-0.2, 0) is 10.3 Å². The van der Waals surface area contributed by atoms with E-state index in [0.717, 1.165) is 20.2 Å². The highest BCUT2D eigenvalue weighted by Crippen LogP contribution is 2.40. The highest BCUT2D eigenvalue weighted by atomic mass is 127. The van der Waals surface area contributed by atoms with Gasteiger partial charge in [-0.25, -0.2) is 9.18 Å². The molecule has 0 unspecified atom stereocenters. The zero-order chi connectivity index (χ0) is 23.4. The maximum Gasteiger partial charge on any atom is 0.411 e. The van der Waals surface area contributed by atoms with Crippen molar-refractivity contribution in [1.29, 1.82) is 0 Å². The quantitative estimate of drug-likeness (QED) is 0.278. The number of hydrogen-bond acceptors (Lipinski definition) is 4. The second-order valence-electron chi connectivity index (χ2n) is 8.13. The number of nitrogens with zero attached hydrogens (tertiary/aromatic N) is 1. The van der Waals surface area contributed by atoms with Gasteiger partial charge in [0.15, 0.2) is 0 Å². The van der Waals surface area contributed by atoms with E-state index in [1.807, 2.05) is 37.3 Å². The van der Waals surface area contributed by atoms with Crippen LogP contribution in [-0.4, -0.2) is 36.7 Å². The number of aliphatic hydroxyl groups is 1. The Hall–Kier alpha value is -2.59. The van der Waals surface area contributed by atoms with Gasteiger partial charge in [0, 0.05) is 29.3 Å². The second-order valence-corrected chi connectivity index (χ2v) is 10.8. The van der Waals surface area contributed by atoms with Crippen LogP contribution in [0.25, 0.3) is 0 Å². The van der Waals surface area contributed by atoms with Crippen LogP contribution in [0.2, 0.25) is 0 Å². The molecular weight excluding hydrogens is 538 g/mol. The second kappa shape index (κ2) is 10.1. The molecular formula is C25H26FIN2O4. The summed E-state index contributed by atoms with van der Waals surface area (Å²) in [6, 6.07) is 13.8. The standard InChI is InChI=1S/C25H26FIN2O4/c1-17(18-3-5-19(6-4-18)22-11-14-28-23(31)27-22)29-15-13-25(12-2-16-30,33-24(29)32)20-7-9-21(26)10-8-20/h3-11,14,17,30H,2,12-13,15-16H2,1H3,(H,28,31)/t17-,25+/m0/s1. The van der Waals surface area contributed by atoms with Gasteiger partial charge in [0.25, 0.3) is 3.91 Å². The summed E-state index contributed by atoms with van der Waals surface area (Å²) in [7, 11) is 0. The van der Waals surface area contributed by atoms with E-state index in [1.54, 1.807) is 23.2 Å². The number of amides is 2. The third kappa shape index (κ3) is 5.16. The molecule has 2 atom stereocenters. The van der Waals surface area contributed by atoms with E-state index in [2.05, 4.69) is 5.32 Å². The number of nitrogens with one attached hydrogen (secondary N) is 1. The van der Waals surface area contributed by atoms with E-state index in [-0.39, 0.29) is 22.4 Å². The van der Waals surface area contributed by atoms with Crippen molar-refractivity contribution in [2.45, 2.75) is 37.8 Å². The van der Waals surface area contributed by atoms with Crippen molar-refractivity contribution in [3.8, 4) is 0 Å². The third-order valence-electron chi connectivity index (χ3n) is 6.13. The van der Waals surface area contributed by atoms with E-state index >= 15 is 0 Å². The van der Waals surface area contributed by atoms with Gasteiger partial charge in [-0.1, -0.05) is 36.4 Å². The highest BCUT2D eigenvalue weighted by molar-refractivity contribution is 14.2. The molecule has 1 saturated heterocycles. The fraction of sp³-hybridized carbons (Fsp3) is 0.320. The van der Waals surface area contributed by atoms with Crippen molar-refractivity contribution in [2.24, 2.45) is 0 Å². The molecule has 0 bridgehead atoms. The first kappa shape index (κ1) is 23.6. The molecule has 0 aliphatic carbocycles. The van der Waals surface area contributed by atoms with Crippen LogP contribution in [0.3, 0.4) is 0 Å². The number of hydrogen-bond donors (Lipinski definition) is 2. The average molecular weight is 564 g/mol. The number of benzene rings is 2.